The highest BCUT2D eigenvalue weighted by Gasteiger charge is 2.25. The number of nitrogens with zero attached hydrogens (tertiary/aromatic N) is 2. The number of benzene rings is 2. The Morgan fingerprint density at radius 3 is 2.58 bits per heavy atom. The third kappa shape index (κ3) is 3.10. The summed E-state index contributed by atoms with van der Waals surface area (Å²) in [7, 11) is 0. The van der Waals surface area contributed by atoms with Crippen molar-refractivity contribution >= 4 is 16.8 Å². The fraction of sp³-hybridized carbons (Fsp3) is 0.304. The van der Waals surface area contributed by atoms with Crippen LogP contribution in [0.5, 0.6) is 0 Å². The Bertz CT molecular complexity index is 949. The molecule has 1 fully saturated rings. The normalized spacial score (nSPS) is 17.0. The van der Waals surface area contributed by atoms with Gasteiger partial charge in [-0.2, -0.15) is 0 Å². The maximum absolute atomic E-state index is 12.9. The summed E-state index contributed by atoms with van der Waals surface area (Å²) in [5, 5.41) is 1.11. The lowest BCUT2D eigenvalue weighted by Gasteiger charge is -2.20. The Kier molecular flexibility index (Phi) is 4.46. The van der Waals surface area contributed by atoms with Crippen molar-refractivity contribution in [3.63, 3.8) is 0 Å². The van der Waals surface area contributed by atoms with Gasteiger partial charge in [-0.1, -0.05) is 55.5 Å². The van der Waals surface area contributed by atoms with E-state index in [1.54, 1.807) is 0 Å². The second kappa shape index (κ2) is 6.91. The molecule has 4 rings (SSSR count). The lowest BCUT2D eigenvalue weighted by molar-refractivity contribution is -0.129. The van der Waals surface area contributed by atoms with Crippen molar-refractivity contribution in [3.8, 4) is 11.1 Å². The summed E-state index contributed by atoms with van der Waals surface area (Å²) >= 11 is 0. The van der Waals surface area contributed by atoms with E-state index in [4.69, 9.17) is 4.98 Å². The molecule has 1 amide bonds. The van der Waals surface area contributed by atoms with Crippen molar-refractivity contribution in [2.24, 2.45) is 5.92 Å². The van der Waals surface area contributed by atoms with Crippen molar-refractivity contribution in [2.75, 3.05) is 13.1 Å². The summed E-state index contributed by atoms with van der Waals surface area (Å²) in [5.74, 6) is 0.815. The molecule has 3 nitrogen and oxygen atoms in total. The minimum absolute atomic E-state index is 0.215. The van der Waals surface area contributed by atoms with Crippen LogP contribution in [0.3, 0.4) is 0 Å². The van der Waals surface area contributed by atoms with Gasteiger partial charge in [0.05, 0.1) is 11.9 Å². The molecule has 3 heteroatoms. The molecular formula is C23H24N2O. The Balaban J connectivity index is 1.83. The summed E-state index contributed by atoms with van der Waals surface area (Å²) in [6.07, 6.45) is 1.52. The van der Waals surface area contributed by atoms with Crippen LogP contribution in [0.1, 0.15) is 24.6 Å². The molecule has 1 aliphatic rings. The quantitative estimate of drug-likeness (QED) is 0.694. The van der Waals surface area contributed by atoms with Crippen LogP contribution in [-0.4, -0.2) is 28.9 Å². The number of amides is 1. The van der Waals surface area contributed by atoms with Gasteiger partial charge in [-0.15, -0.1) is 0 Å². The molecule has 0 N–H and O–H groups in total. The van der Waals surface area contributed by atoms with Crippen molar-refractivity contribution < 1.29 is 4.79 Å². The van der Waals surface area contributed by atoms with Gasteiger partial charge < -0.3 is 4.90 Å². The highest BCUT2D eigenvalue weighted by atomic mass is 16.2. The summed E-state index contributed by atoms with van der Waals surface area (Å²) in [5.41, 5.74) is 5.28. The SMILES string of the molecule is Cc1nc2ccccc2c(-c2ccccc2)c1CC(=O)N1CCC(C)C1. The van der Waals surface area contributed by atoms with Crippen molar-refractivity contribution in [2.45, 2.75) is 26.7 Å². The molecule has 3 aromatic rings. The number of pyridine rings is 1. The lowest BCUT2D eigenvalue weighted by Crippen LogP contribution is -2.30. The summed E-state index contributed by atoms with van der Waals surface area (Å²) in [6.45, 7) is 5.99. The van der Waals surface area contributed by atoms with E-state index in [1.807, 2.05) is 48.2 Å². The fourth-order valence-electron chi connectivity index (χ4n) is 3.95. The van der Waals surface area contributed by atoms with Gasteiger partial charge in [0, 0.05) is 24.2 Å². The molecule has 1 aromatic heterocycles. The topological polar surface area (TPSA) is 33.2 Å². The van der Waals surface area contributed by atoms with E-state index in [0.29, 0.717) is 12.3 Å². The van der Waals surface area contributed by atoms with E-state index in [1.165, 1.54) is 0 Å². The molecule has 0 aliphatic carbocycles. The first kappa shape index (κ1) is 16.8. The van der Waals surface area contributed by atoms with Crippen molar-refractivity contribution in [1.29, 1.82) is 0 Å². The molecule has 2 aromatic carbocycles. The molecule has 1 saturated heterocycles. The highest BCUT2D eigenvalue weighted by Crippen LogP contribution is 2.33. The van der Waals surface area contributed by atoms with E-state index < -0.39 is 0 Å². The number of hydrogen-bond donors (Lipinski definition) is 0. The van der Waals surface area contributed by atoms with E-state index in [2.05, 4.69) is 25.1 Å². The first-order valence-electron chi connectivity index (χ1n) is 9.35. The van der Waals surface area contributed by atoms with Crippen LogP contribution in [0.4, 0.5) is 0 Å². The first-order valence-corrected chi connectivity index (χ1v) is 9.35. The van der Waals surface area contributed by atoms with Gasteiger partial charge in [0.1, 0.15) is 0 Å². The molecule has 1 aliphatic heterocycles. The predicted molar refractivity (Wildman–Crippen MR) is 106 cm³/mol. The van der Waals surface area contributed by atoms with Gasteiger partial charge in [-0.25, -0.2) is 0 Å². The molecule has 2 heterocycles. The molecule has 1 unspecified atom stereocenters. The maximum atomic E-state index is 12.9. The number of para-hydroxylation sites is 1. The zero-order chi connectivity index (χ0) is 18.1. The minimum atomic E-state index is 0.215. The van der Waals surface area contributed by atoms with E-state index >= 15 is 0 Å². The van der Waals surface area contributed by atoms with Crippen LogP contribution in [-0.2, 0) is 11.2 Å². The van der Waals surface area contributed by atoms with Gasteiger partial charge >= 0.3 is 0 Å². The number of hydrogen-bond acceptors (Lipinski definition) is 2. The molecule has 1 atom stereocenters. The Hall–Kier alpha value is -2.68. The monoisotopic (exact) mass is 344 g/mol. The largest absolute Gasteiger partial charge is 0.342 e. The predicted octanol–water partition coefficient (Wildman–Crippen LogP) is 4.62. The third-order valence-corrected chi connectivity index (χ3v) is 5.37. The number of fused-ring (bicyclic) bond motifs is 1. The molecule has 0 saturated carbocycles. The molecule has 0 spiro atoms. The summed E-state index contributed by atoms with van der Waals surface area (Å²) in [6, 6.07) is 18.6. The van der Waals surface area contributed by atoms with Crippen LogP contribution in [0, 0.1) is 12.8 Å². The number of carbonyl (C=O) groups excluding carboxylic acids is 1. The Morgan fingerprint density at radius 1 is 1.12 bits per heavy atom. The van der Waals surface area contributed by atoms with Crippen LogP contribution in [0.2, 0.25) is 0 Å². The molecule has 132 valence electrons. The standard InChI is InChI=1S/C23H24N2O/c1-16-12-13-25(15-16)22(26)14-20-17(2)24-21-11-7-6-10-19(21)23(20)18-8-4-3-5-9-18/h3-11,16H,12-15H2,1-2H3. The molecule has 0 bridgehead atoms. The van der Waals surface area contributed by atoms with Gasteiger partial charge in [-0.05, 0) is 42.0 Å². The van der Waals surface area contributed by atoms with E-state index in [-0.39, 0.29) is 5.91 Å². The van der Waals surface area contributed by atoms with Gasteiger partial charge in [-0.3, -0.25) is 9.78 Å². The summed E-state index contributed by atoms with van der Waals surface area (Å²) < 4.78 is 0. The summed E-state index contributed by atoms with van der Waals surface area (Å²) in [4.78, 5) is 19.7. The molecular weight excluding hydrogens is 320 g/mol. The lowest BCUT2D eigenvalue weighted by atomic mass is 9.92. The van der Waals surface area contributed by atoms with Crippen molar-refractivity contribution in [1.82, 2.24) is 9.88 Å². The smallest absolute Gasteiger partial charge is 0.227 e. The highest BCUT2D eigenvalue weighted by molar-refractivity contribution is 5.98. The van der Waals surface area contributed by atoms with Gasteiger partial charge in [0.25, 0.3) is 0 Å². The number of likely N-dealkylation sites (tertiary alicyclic amines) is 1. The number of carbonyl (C=O) groups is 1. The van der Waals surface area contributed by atoms with Crippen molar-refractivity contribution in [3.05, 3.63) is 65.9 Å². The average molecular weight is 344 g/mol. The van der Waals surface area contributed by atoms with Crippen LogP contribution in [0.15, 0.2) is 54.6 Å². The van der Waals surface area contributed by atoms with Gasteiger partial charge in [0.2, 0.25) is 5.91 Å². The third-order valence-electron chi connectivity index (χ3n) is 5.37. The first-order chi connectivity index (χ1) is 12.6. The average Bonchev–Trinajstić information content (AvgIpc) is 3.09. The zero-order valence-corrected chi connectivity index (χ0v) is 15.4. The number of rotatable bonds is 3. The second-order valence-electron chi connectivity index (χ2n) is 7.34. The molecule has 26 heavy (non-hydrogen) atoms. The second-order valence-corrected chi connectivity index (χ2v) is 7.34. The molecule has 0 radical (unpaired) electrons. The Morgan fingerprint density at radius 2 is 1.85 bits per heavy atom. The fourth-order valence-corrected chi connectivity index (χ4v) is 3.95. The number of aromatic nitrogens is 1. The van der Waals surface area contributed by atoms with E-state index in [0.717, 1.165) is 52.8 Å². The van der Waals surface area contributed by atoms with E-state index in [9.17, 15) is 4.79 Å². The van der Waals surface area contributed by atoms with Crippen LogP contribution >= 0.6 is 0 Å². The minimum Gasteiger partial charge on any atom is -0.342 e. The van der Waals surface area contributed by atoms with Crippen LogP contribution < -0.4 is 0 Å². The Labute approximate surface area is 154 Å². The zero-order valence-electron chi connectivity index (χ0n) is 15.4. The number of aryl methyl sites for hydroxylation is 1. The van der Waals surface area contributed by atoms with Gasteiger partial charge in [0.15, 0.2) is 0 Å². The maximum Gasteiger partial charge on any atom is 0.227 e. The van der Waals surface area contributed by atoms with Crippen LogP contribution in [0.25, 0.3) is 22.0 Å².